The van der Waals surface area contributed by atoms with Gasteiger partial charge in [-0.05, 0) is 13.8 Å². The molecule has 0 saturated carbocycles. The Labute approximate surface area is 101 Å². The van der Waals surface area contributed by atoms with Crippen molar-refractivity contribution < 1.29 is 9.32 Å². The maximum atomic E-state index is 12.0. The molecule has 2 rings (SSSR count). The molecule has 1 aliphatic heterocycles. The molecule has 0 aromatic carbocycles. The first-order chi connectivity index (χ1) is 7.18. The average Bonchev–Trinajstić information content (AvgIpc) is 2.65. The molecule has 6 heteroatoms. The van der Waals surface area contributed by atoms with Crippen molar-refractivity contribution in [2.75, 3.05) is 19.6 Å². The smallest absolute Gasteiger partial charge is 0.292 e. The van der Waals surface area contributed by atoms with E-state index in [1.807, 2.05) is 18.7 Å². The number of carbonyl (C=O) groups is 1. The maximum absolute atomic E-state index is 12.0. The topological polar surface area (TPSA) is 58.4 Å². The molecule has 1 aromatic rings. The van der Waals surface area contributed by atoms with Crippen LogP contribution < -0.4 is 5.32 Å². The zero-order valence-corrected chi connectivity index (χ0v) is 10.2. The number of halogens is 1. The molecule has 1 atom stereocenters. The van der Waals surface area contributed by atoms with Gasteiger partial charge in [0.05, 0.1) is 5.69 Å². The average molecular weight is 246 g/mol. The van der Waals surface area contributed by atoms with Crippen molar-refractivity contribution in [1.82, 2.24) is 15.4 Å². The number of rotatable bonds is 1. The van der Waals surface area contributed by atoms with Crippen LogP contribution in [0.5, 0.6) is 0 Å². The van der Waals surface area contributed by atoms with E-state index in [1.54, 1.807) is 6.07 Å². The lowest BCUT2D eigenvalue weighted by atomic mass is 10.2. The van der Waals surface area contributed by atoms with Crippen molar-refractivity contribution in [3.8, 4) is 0 Å². The van der Waals surface area contributed by atoms with Crippen LogP contribution in [0.3, 0.4) is 0 Å². The van der Waals surface area contributed by atoms with Crippen molar-refractivity contribution >= 4 is 18.3 Å². The number of aryl methyl sites for hydroxylation is 1. The van der Waals surface area contributed by atoms with Crippen molar-refractivity contribution in [1.29, 1.82) is 0 Å². The lowest BCUT2D eigenvalue weighted by Gasteiger charge is -2.33. The van der Waals surface area contributed by atoms with E-state index >= 15 is 0 Å². The molecular formula is C10H16ClN3O2. The Morgan fingerprint density at radius 1 is 1.69 bits per heavy atom. The molecule has 1 N–H and O–H groups in total. The summed E-state index contributed by atoms with van der Waals surface area (Å²) in [7, 11) is 0. The van der Waals surface area contributed by atoms with E-state index in [2.05, 4.69) is 10.5 Å². The highest BCUT2D eigenvalue weighted by atomic mass is 35.5. The van der Waals surface area contributed by atoms with Gasteiger partial charge in [0, 0.05) is 31.7 Å². The molecule has 1 aromatic heterocycles. The molecule has 2 heterocycles. The molecule has 1 aliphatic rings. The van der Waals surface area contributed by atoms with E-state index in [1.165, 1.54) is 0 Å². The van der Waals surface area contributed by atoms with Gasteiger partial charge < -0.3 is 14.7 Å². The largest absolute Gasteiger partial charge is 0.351 e. The van der Waals surface area contributed by atoms with Crippen LogP contribution in [-0.4, -0.2) is 41.6 Å². The van der Waals surface area contributed by atoms with E-state index in [0.717, 1.165) is 25.3 Å². The van der Waals surface area contributed by atoms with Gasteiger partial charge in [0.2, 0.25) is 5.76 Å². The highest BCUT2D eigenvalue weighted by molar-refractivity contribution is 5.91. The fourth-order valence-corrected chi connectivity index (χ4v) is 1.75. The SMILES string of the molecule is Cc1cc(C(=O)N2CCNCC2C)on1.Cl. The zero-order valence-electron chi connectivity index (χ0n) is 9.40. The number of aromatic nitrogens is 1. The van der Waals surface area contributed by atoms with Crippen LogP contribution >= 0.6 is 12.4 Å². The van der Waals surface area contributed by atoms with E-state index in [0.29, 0.717) is 5.76 Å². The Morgan fingerprint density at radius 2 is 2.44 bits per heavy atom. The highest BCUT2D eigenvalue weighted by Crippen LogP contribution is 2.11. The second kappa shape index (κ2) is 5.32. The number of carbonyl (C=O) groups excluding carboxylic acids is 1. The van der Waals surface area contributed by atoms with Crippen LogP contribution in [0.2, 0.25) is 0 Å². The second-order valence-electron chi connectivity index (χ2n) is 3.88. The molecular weight excluding hydrogens is 230 g/mol. The second-order valence-corrected chi connectivity index (χ2v) is 3.88. The van der Waals surface area contributed by atoms with E-state index in [9.17, 15) is 4.79 Å². The molecule has 5 nitrogen and oxygen atoms in total. The Kier molecular flexibility index (Phi) is 4.32. The summed E-state index contributed by atoms with van der Waals surface area (Å²) in [5, 5.41) is 6.96. The lowest BCUT2D eigenvalue weighted by Crippen LogP contribution is -2.52. The molecule has 0 bridgehead atoms. The van der Waals surface area contributed by atoms with Crippen LogP contribution in [-0.2, 0) is 0 Å². The minimum Gasteiger partial charge on any atom is -0.351 e. The van der Waals surface area contributed by atoms with Gasteiger partial charge >= 0.3 is 0 Å². The summed E-state index contributed by atoms with van der Waals surface area (Å²) in [4.78, 5) is 13.8. The van der Waals surface area contributed by atoms with Crippen molar-refractivity contribution in [2.24, 2.45) is 0 Å². The van der Waals surface area contributed by atoms with Crippen LogP contribution in [0.4, 0.5) is 0 Å². The first-order valence-electron chi connectivity index (χ1n) is 5.13. The molecule has 1 unspecified atom stereocenters. The van der Waals surface area contributed by atoms with E-state index in [-0.39, 0.29) is 24.4 Å². The maximum Gasteiger partial charge on any atom is 0.292 e. The number of amides is 1. The van der Waals surface area contributed by atoms with Gasteiger partial charge in [0.15, 0.2) is 0 Å². The summed E-state index contributed by atoms with van der Waals surface area (Å²) in [5.74, 6) is 0.269. The minimum atomic E-state index is -0.0652. The number of hydrogen-bond acceptors (Lipinski definition) is 4. The van der Waals surface area contributed by atoms with Crippen LogP contribution in [0.15, 0.2) is 10.6 Å². The molecule has 0 radical (unpaired) electrons. The van der Waals surface area contributed by atoms with Gasteiger partial charge in [0.1, 0.15) is 0 Å². The van der Waals surface area contributed by atoms with E-state index < -0.39 is 0 Å². The van der Waals surface area contributed by atoms with Gasteiger partial charge in [0.25, 0.3) is 5.91 Å². The van der Waals surface area contributed by atoms with Crippen molar-refractivity contribution in [3.05, 3.63) is 17.5 Å². The molecule has 16 heavy (non-hydrogen) atoms. The monoisotopic (exact) mass is 245 g/mol. The third-order valence-corrected chi connectivity index (χ3v) is 2.60. The highest BCUT2D eigenvalue weighted by Gasteiger charge is 2.26. The van der Waals surface area contributed by atoms with Crippen molar-refractivity contribution in [3.63, 3.8) is 0 Å². The summed E-state index contributed by atoms with van der Waals surface area (Å²) >= 11 is 0. The molecule has 1 fully saturated rings. The number of nitrogens with one attached hydrogen (secondary N) is 1. The molecule has 0 spiro atoms. The predicted octanol–water partition coefficient (Wildman–Crippen LogP) is 0.839. The zero-order chi connectivity index (χ0) is 10.8. The van der Waals surface area contributed by atoms with Crippen LogP contribution in [0.25, 0.3) is 0 Å². The van der Waals surface area contributed by atoms with Crippen LogP contribution in [0.1, 0.15) is 23.2 Å². The lowest BCUT2D eigenvalue weighted by molar-refractivity contribution is 0.0613. The molecule has 1 amide bonds. The van der Waals surface area contributed by atoms with Crippen LogP contribution in [0, 0.1) is 6.92 Å². The standard InChI is InChI=1S/C10H15N3O2.ClH/c1-7-5-9(15-12-7)10(14)13-4-3-11-6-8(13)2;/h5,8,11H,3-4,6H2,1-2H3;1H. The normalized spacial score (nSPS) is 20.4. The summed E-state index contributed by atoms with van der Waals surface area (Å²) in [6.07, 6.45) is 0. The minimum absolute atomic E-state index is 0. The fraction of sp³-hybridized carbons (Fsp3) is 0.600. The molecule has 90 valence electrons. The first kappa shape index (κ1) is 13.0. The van der Waals surface area contributed by atoms with Crippen molar-refractivity contribution in [2.45, 2.75) is 19.9 Å². The Hall–Kier alpha value is -1.07. The first-order valence-corrected chi connectivity index (χ1v) is 5.13. The predicted molar refractivity (Wildman–Crippen MR) is 61.9 cm³/mol. The van der Waals surface area contributed by atoms with Gasteiger partial charge in [-0.15, -0.1) is 12.4 Å². The number of hydrogen-bond donors (Lipinski definition) is 1. The van der Waals surface area contributed by atoms with Gasteiger partial charge in [-0.1, -0.05) is 5.16 Å². The quantitative estimate of drug-likeness (QED) is 0.797. The summed E-state index contributed by atoms with van der Waals surface area (Å²) in [5.41, 5.74) is 0.737. The summed E-state index contributed by atoms with van der Waals surface area (Å²) in [6.45, 7) is 6.22. The van der Waals surface area contributed by atoms with Gasteiger partial charge in [-0.25, -0.2) is 0 Å². The molecule has 1 saturated heterocycles. The van der Waals surface area contributed by atoms with Gasteiger partial charge in [-0.2, -0.15) is 0 Å². The third-order valence-electron chi connectivity index (χ3n) is 2.60. The number of nitrogens with zero attached hydrogens (tertiary/aromatic N) is 2. The Bertz CT molecular complexity index is 367. The third kappa shape index (κ3) is 2.54. The molecule has 0 aliphatic carbocycles. The number of piperazine rings is 1. The van der Waals surface area contributed by atoms with E-state index in [4.69, 9.17) is 4.52 Å². The Balaban J connectivity index is 0.00000128. The summed E-state index contributed by atoms with van der Waals surface area (Å²) < 4.78 is 4.97. The van der Waals surface area contributed by atoms with Gasteiger partial charge in [-0.3, -0.25) is 4.79 Å². The fourth-order valence-electron chi connectivity index (χ4n) is 1.75. The summed E-state index contributed by atoms with van der Waals surface area (Å²) in [6, 6.07) is 1.88. The Morgan fingerprint density at radius 3 is 3.00 bits per heavy atom.